The van der Waals surface area contributed by atoms with Crippen molar-refractivity contribution in [2.24, 2.45) is 5.92 Å². The summed E-state index contributed by atoms with van der Waals surface area (Å²) in [7, 11) is 0. The van der Waals surface area contributed by atoms with Crippen LogP contribution >= 0.6 is 11.3 Å². The van der Waals surface area contributed by atoms with Crippen molar-refractivity contribution in [2.45, 2.75) is 26.3 Å². The van der Waals surface area contributed by atoms with Crippen LogP contribution in [-0.4, -0.2) is 47.1 Å². The molecule has 1 fully saturated rings. The van der Waals surface area contributed by atoms with Gasteiger partial charge in [0.15, 0.2) is 5.13 Å². The highest BCUT2D eigenvalue weighted by atomic mass is 32.1. The zero-order valence-corrected chi connectivity index (χ0v) is 16.8. The summed E-state index contributed by atoms with van der Waals surface area (Å²) < 4.78 is 5.43. The predicted molar refractivity (Wildman–Crippen MR) is 111 cm³/mol. The van der Waals surface area contributed by atoms with Gasteiger partial charge in [0, 0.05) is 47.8 Å². The van der Waals surface area contributed by atoms with Gasteiger partial charge in [-0.15, -0.1) is 0 Å². The van der Waals surface area contributed by atoms with Crippen LogP contribution in [0.1, 0.15) is 33.0 Å². The minimum Gasteiger partial charge on any atom is -0.381 e. The second-order valence-electron chi connectivity index (χ2n) is 7.70. The van der Waals surface area contributed by atoms with E-state index in [9.17, 15) is 4.79 Å². The normalized spacial score (nSPS) is 19.2. The molecule has 146 valence electrons. The van der Waals surface area contributed by atoms with Gasteiger partial charge in [-0.3, -0.25) is 4.79 Å². The summed E-state index contributed by atoms with van der Waals surface area (Å²) >= 11 is 1.68. The molecule has 1 amide bonds. The van der Waals surface area contributed by atoms with Crippen molar-refractivity contribution in [1.29, 1.82) is 0 Å². The Kier molecular flexibility index (Phi) is 4.56. The molecule has 28 heavy (non-hydrogen) atoms. The molecule has 2 aliphatic heterocycles. The second-order valence-corrected chi connectivity index (χ2v) is 8.78. The van der Waals surface area contributed by atoms with Crippen molar-refractivity contribution in [3.05, 3.63) is 46.1 Å². The lowest BCUT2D eigenvalue weighted by Gasteiger charge is -2.25. The first kappa shape index (κ1) is 17.7. The number of carbonyl (C=O) groups is 1. The van der Waals surface area contributed by atoms with E-state index in [4.69, 9.17) is 9.72 Å². The van der Waals surface area contributed by atoms with Crippen LogP contribution in [0.5, 0.6) is 0 Å². The molecule has 0 spiro atoms. The quantitative estimate of drug-likeness (QED) is 0.707. The van der Waals surface area contributed by atoms with Gasteiger partial charge >= 0.3 is 0 Å². The lowest BCUT2D eigenvalue weighted by molar-refractivity contribution is 0.0731. The molecule has 6 nitrogen and oxygen atoms in total. The lowest BCUT2D eigenvalue weighted by atomic mass is 10.1. The molecule has 7 heteroatoms. The number of hydrogen-bond donors (Lipinski definition) is 2. The van der Waals surface area contributed by atoms with Crippen LogP contribution in [0, 0.1) is 12.8 Å². The molecule has 1 unspecified atom stereocenters. The van der Waals surface area contributed by atoms with Gasteiger partial charge in [-0.25, -0.2) is 4.98 Å². The number of hydrogen-bond acceptors (Lipinski definition) is 5. The van der Waals surface area contributed by atoms with Gasteiger partial charge in [0.2, 0.25) is 0 Å². The molecular formula is C21H24N4O2S. The van der Waals surface area contributed by atoms with Crippen molar-refractivity contribution in [3.63, 3.8) is 0 Å². The fourth-order valence-corrected chi connectivity index (χ4v) is 5.04. The number of amides is 1. The average molecular weight is 397 g/mol. The molecule has 2 N–H and O–H groups in total. The van der Waals surface area contributed by atoms with E-state index in [0.717, 1.165) is 54.3 Å². The maximum atomic E-state index is 13.0. The van der Waals surface area contributed by atoms with Crippen LogP contribution in [0.3, 0.4) is 0 Å². The number of aromatic amines is 1. The topological polar surface area (TPSA) is 70.2 Å². The summed E-state index contributed by atoms with van der Waals surface area (Å²) in [6, 6.07) is 8.08. The number of anilines is 1. The third kappa shape index (κ3) is 3.29. The monoisotopic (exact) mass is 396 g/mol. The molecule has 5 rings (SSSR count). The Morgan fingerprint density at radius 1 is 1.46 bits per heavy atom. The summed E-state index contributed by atoms with van der Waals surface area (Å²) in [6.45, 7) is 6.02. The fourth-order valence-electron chi connectivity index (χ4n) is 4.01. The van der Waals surface area contributed by atoms with Crippen LogP contribution in [-0.2, 0) is 17.7 Å². The maximum Gasteiger partial charge on any atom is 0.270 e. The van der Waals surface area contributed by atoms with Gasteiger partial charge in [-0.2, -0.15) is 0 Å². The van der Waals surface area contributed by atoms with Crippen molar-refractivity contribution >= 4 is 33.3 Å². The number of fused-ring (bicyclic) bond motifs is 2. The van der Waals surface area contributed by atoms with Crippen molar-refractivity contribution < 1.29 is 9.53 Å². The molecule has 0 bridgehead atoms. The van der Waals surface area contributed by atoms with E-state index in [1.165, 1.54) is 10.4 Å². The summed E-state index contributed by atoms with van der Waals surface area (Å²) in [6.07, 6.45) is 1.93. The number of carbonyl (C=O) groups excluding carboxylic acids is 1. The number of H-pyrrole nitrogens is 1. The summed E-state index contributed by atoms with van der Waals surface area (Å²) in [5.74, 6) is 0.636. The Balaban J connectivity index is 1.29. The largest absolute Gasteiger partial charge is 0.381 e. The standard InChI is InChI=1S/C21H24N4O2S/c1-13-3-2-4-16-15(13)9-18(23-16)20(26)25-7-5-17-19(11-25)28-21(24-17)22-10-14-6-8-27-12-14/h2-4,9,14,23H,5-8,10-12H2,1H3,(H,22,24). The van der Waals surface area contributed by atoms with Crippen LogP contribution in [0.2, 0.25) is 0 Å². The number of benzene rings is 1. The third-order valence-corrected chi connectivity index (χ3v) is 6.74. The fraction of sp³-hybridized carbons (Fsp3) is 0.429. The number of aryl methyl sites for hydroxylation is 1. The van der Waals surface area contributed by atoms with Crippen LogP contribution < -0.4 is 5.32 Å². The maximum absolute atomic E-state index is 13.0. The average Bonchev–Trinajstić information content (AvgIpc) is 3.43. The van der Waals surface area contributed by atoms with E-state index in [1.807, 2.05) is 23.1 Å². The van der Waals surface area contributed by atoms with Gasteiger partial charge in [0.1, 0.15) is 5.69 Å². The number of ether oxygens (including phenoxy) is 1. The van der Waals surface area contributed by atoms with Gasteiger partial charge in [0.25, 0.3) is 5.91 Å². The van der Waals surface area contributed by atoms with Gasteiger partial charge in [0.05, 0.1) is 18.8 Å². The molecule has 1 saturated heterocycles. The molecule has 2 aromatic heterocycles. The first-order chi connectivity index (χ1) is 13.7. The molecule has 1 atom stereocenters. The van der Waals surface area contributed by atoms with E-state index in [-0.39, 0.29) is 5.91 Å². The number of nitrogens with one attached hydrogen (secondary N) is 2. The predicted octanol–water partition coefficient (Wildman–Crippen LogP) is 3.58. The lowest BCUT2D eigenvalue weighted by Crippen LogP contribution is -2.35. The van der Waals surface area contributed by atoms with E-state index in [1.54, 1.807) is 11.3 Å². The highest BCUT2D eigenvalue weighted by Gasteiger charge is 2.26. The number of rotatable bonds is 4. The zero-order valence-electron chi connectivity index (χ0n) is 16.0. The highest BCUT2D eigenvalue weighted by molar-refractivity contribution is 7.15. The Labute approximate surface area is 167 Å². The first-order valence-corrected chi connectivity index (χ1v) is 10.7. The van der Waals surface area contributed by atoms with E-state index >= 15 is 0 Å². The number of nitrogens with zero attached hydrogens (tertiary/aromatic N) is 2. The first-order valence-electron chi connectivity index (χ1n) is 9.85. The minimum atomic E-state index is 0.0623. The van der Waals surface area contributed by atoms with Crippen molar-refractivity contribution in [3.8, 4) is 0 Å². The van der Waals surface area contributed by atoms with Crippen LogP contribution in [0.4, 0.5) is 5.13 Å². The second kappa shape index (κ2) is 7.22. The molecule has 4 heterocycles. The summed E-state index contributed by atoms with van der Waals surface area (Å²) in [5.41, 5.74) is 3.99. The third-order valence-electron chi connectivity index (χ3n) is 5.70. The van der Waals surface area contributed by atoms with Gasteiger partial charge in [-0.05, 0) is 31.0 Å². The smallest absolute Gasteiger partial charge is 0.270 e. The van der Waals surface area contributed by atoms with Crippen LogP contribution in [0.25, 0.3) is 10.9 Å². The van der Waals surface area contributed by atoms with Crippen molar-refractivity contribution in [1.82, 2.24) is 14.9 Å². The number of thiazole rings is 1. The van der Waals surface area contributed by atoms with E-state index < -0.39 is 0 Å². The molecule has 0 radical (unpaired) electrons. The molecule has 0 aliphatic carbocycles. The Bertz CT molecular complexity index is 1020. The molecule has 2 aliphatic rings. The zero-order chi connectivity index (χ0) is 19.1. The number of aromatic nitrogens is 2. The SMILES string of the molecule is Cc1cccc2[nH]c(C(=O)N3CCc4nc(NCC5CCOC5)sc4C3)cc12. The molecule has 0 saturated carbocycles. The van der Waals surface area contributed by atoms with E-state index in [0.29, 0.717) is 24.7 Å². The minimum absolute atomic E-state index is 0.0623. The molecule has 1 aromatic carbocycles. The molecular weight excluding hydrogens is 372 g/mol. The van der Waals surface area contributed by atoms with Gasteiger partial charge < -0.3 is 19.9 Å². The highest BCUT2D eigenvalue weighted by Crippen LogP contribution is 2.30. The Morgan fingerprint density at radius 2 is 2.39 bits per heavy atom. The summed E-state index contributed by atoms with van der Waals surface area (Å²) in [4.78, 5) is 24.2. The Morgan fingerprint density at radius 3 is 3.21 bits per heavy atom. The van der Waals surface area contributed by atoms with E-state index in [2.05, 4.69) is 23.3 Å². The van der Waals surface area contributed by atoms with Gasteiger partial charge in [-0.1, -0.05) is 23.5 Å². The van der Waals surface area contributed by atoms with Crippen LogP contribution in [0.15, 0.2) is 24.3 Å². The molecule has 3 aromatic rings. The Hall–Kier alpha value is -2.38. The summed E-state index contributed by atoms with van der Waals surface area (Å²) in [5, 5.41) is 5.54. The van der Waals surface area contributed by atoms with Crippen molar-refractivity contribution in [2.75, 3.05) is 31.6 Å².